The summed E-state index contributed by atoms with van der Waals surface area (Å²) in [6.07, 6.45) is 1.63. The molecule has 0 aliphatic heterocycles. The van der Waals surface area contributed by atoms with E-state index in [1.54, 1.807) is 30.3 Å². The second kappa shape index (κ2) is 5.34. The molecule has 3 aromatic heterocycles. The smallest absolute Gasteiger partial charge is 0.268 e. The van der Waals surface area contributed by atoms with E-state index >= 15 is 0 Å². The predicted molar refractivity (Wildman–Crippen MR) is 81.3 cm³/mol. The van der Waals surface area contributed by atoms with Gasteiger partial charge >= 0.3 is 0 Å². The van der Waals surface area contributed by atoms with Crippen molar-refractivity contribution < 1.29 is 0 Å². The molecule has 0 saturated carbocycles. The Bertz CT molecular complexity index is 892. The molecular weight excluding hydrogens is 286 g/mol. The zero-order chi connectivity index (χ0) is 14.8. The number of H-pyrrole nitrogens is 1. The van der Waals surface area contributed by atoms with E-state index in [1.165, 1.54) is 11.3 Å². The molecular formula is C14H11N5OS. The van der Waals surface area contributed by atoms with E-state index in [1.807, 2.05) is 11.4 Å². The minimum Gasteiger partial charge on any atom is -0.351 e. The molecule has 1 N–H and O–H groups in total. The molecule has 7 heteroatoms. The Morgan fingerprint density at radius 1 is 1.48 bits per heavy atom. The molecule has 0 saturated heterocycles. The van der Waals surface area contributed by atoms with Gasteiger partial charge in [-0.2, -0.15) is 5.26 Å². The Morgan fingerprint density at radius 3 is 3.14 bits per heavy atom. The largest absolute Gasteiger partial charge is 0.351 e. The SMILES string of the molecule is CN(Cc1nc2ccsc2c(=O)[nH]1)c1ncccc1C#N. The Hall–Kier alpha value is -2.72. The third kappa shape index (κ3) is 2.49. The number of nitrogens with one attached hydrogen (secondary N) is 1. The van der Waals surface area contributed by atoms with Gasteiger partial charge in [-0.25, -0.2) is 9.97 Å². The molecule has 0 amide bonds. The van der Waals surface area contributed by atoms with E-state index < -0.39 is 0 Å². The van der Waals surface area contributed by atoms with Crippen LogP contribution in [0.3, 0.4) is 0 Å². The van der Waals surface area contributed by atoms with Crippen LogP contribution in [0.4, 0.5) is 5.82 Å². The number of nitriles is 1. The number of aromatic amines is 1. The number of anilines is 1. The minimum atomic E-state index is -0.139. The fraction of sp³-hybridized carbons (Fsp3) is 0.143. The topological polar surface area (TPSA) is 85.7 Å². The number of rotatable bonds is 3. The quantitative estimate of drug-likeness (QED) is 0.798. The molecule has 21 heavy (non-hydrogen) atoms. The molecule has 0 bridgehead atoms. The first kappa shape index (κ1) is 13.3. The molecule has 0 aromatic carbocycles. The predicted octanol–water partition coefficient (Wildman–Crippen LogP) is 1.89. The average molecular weight is 297 g/mol. The van der Waals surface area contributed by atoms with Crippen molar-refractivity contribution >= 4 is 27.4 Å². The number of fused-ring (bicyclic) bond motifs is 1. The van der Waals surface area contributed by atoms with Gasteiger partial charge in [0.15, 0.2) is 0 Å². The summed E-state index contributed by atoms with van der Waals surface area (Å²) in [5, 5.41) is 10.9. The van der Waals surface area contributed by atoms with Gasteiger partial charge in [-0.15, -0.1) is 11.3 Å². The highest BCUT2D eigenvalue weighted by Crippen LogP contribution is 2.17. The molecule has 6 nitrogen and oxygen atoms in total. The lowest BCUT2D eigenvalue weighted by atomic mass is 10.2. The molecule has 0 unspecified atom stereocenters. The fourth-order valence-electron chi connectivity index (χ4n) is 2.08. The van der Waals surface area contributed by atoms with Gasteiger partial charge in [0.05, 0.1) is 17.6 Å². The Balaban J connectivity index is 1.94. The van der Waals surface area contributed by atoms with Gasteiger partial charge in [-0.1, -0.05) is 0 Å². The van der Waals surface area contributed by atoms with E-state index in [9.17, 15) is 4.79 Å². The van der Waals surface area contributed by atoms with Crippen molar-refractivity contribution in [2.75, 3.05) is 11.9 Å². The third-order valence-electron chi connectivity index (χ3n) is 3.02. The summed E-state index contributed by atoms with van der Waals surface area (Å²) >= 11 is 1.37. The number of hydrogen-bond acceptors (Lipinski definition) is 6. The maximum absolute atomic E-state index is 11.9. The van der Waals surface area contributed by atoms with Crippen LogP contribution in [0.5, 0.6) is 0 Å². The van der Waals surface area contributed by atoms with Crippen molar-refractivity contribution in [3.05, 3.63) is 51.5 Å². The van der Waals surface area contributed by atoms with Gasteiger partial charge in [-0.3, -0.25) is 4.79 Å². The molecule has 0 spiro atoms. The van der Waals surface area contributed by atoms with Crippen molar-refractivity contribution in [3.8, 4) is 6.07 Å². The molecule has 104 valence electrons. The van der Waals surface area contributed by atoms with Gasteiger partial charge in [0.25, 0.3) is 5.56 Å². The van der Waals surface area contributed by atoms with E-state index in [-0.39, 0.29) is 5.56 Å². The highest BCUT2D eigenvalue weighted by atomic mass is 32.1. The first-order chi connectivity index (χ1) is 10.2. The van der Waals surface area contributed by atoms with Gasteiger partial charge < -0.3 is 9.88 Å². The van der Waals surface area contributed by atoms with E-state index in [0.29, 0.717) is 34.0 Å². The summed E-state index contributed by atoms with van der Waals surface area (Å²) in [7, 11) is 1.81. The number of thiophene rings is 1. The second-order valence-electron chi connectivity index (χ2n) is 4.49. The molecule has 3 rings (SSSR count). The molecule has 0 aliphatic rings. The van der Waals surface area contributed by atoms with Crippen molar-refractivity contribution in [2.45, 2.75) is 6.54 Å². The van der Waals surface area contributed by atoms with Crippen molar-refractivity contribution in [1.82, 2.24) is 15.0 Å². The van der Waals surface area contributed by atoms with Crippen LogP contribution >= 0.6 is 11.3 Å². The maximum atomic E-state index is 11.9. The Morgan fingerprint density at radius 2 is 2.33 bits per heavy atom. The Kier molecular flexibility index (Phi) is 3.38. The van der Waals surface area contributed by atoms with Crippen LogP contribution in [-0.2, 0) is 6.54 Å². The molecule has 3 heterocycles. The van der Waals surface area contributed by atoms with Crippen LogP contribution in [0.25, 0.3) is 10.2 Å². The minimum absolute atomic E-state index is 0.139. The van der Waals surface area contributed by atoms with Gasteiger partial charge in [0.2, 0.25) is 0 Å². The fourth-order valence-corrected chi connectivity index (χ4v) is 2.81. The van der Waals surface area contributed by atoms with Crippen LogP contribution in [0.2, 0.25) is 0 Å². The summed E-state index contributed by atoms with van der Waals surface area (Å²) in [6, 6.07) is 7.35. The highest BCUT2D eigenvalue weighted by Gasteiger charge is 2.11. The van der Waals surface area contributed by atoms with E-state index in [4.69, 9.17) is 5.26 Å². The van der Waals surface area contributed by atoms with Crippen LogP contribution < -0.4 is 10.5 Å². The number of nitrogens with zero attached hydrogens (tertiary/aromatic N) is 4. The standard InChI is InChI=1S/C14H11N5OS/c1-19(13-9(7-15)3-2-5-16-13)8-11-17-10-4-6-21-12(10)14(20)18-11/h2-6H,8H2,1H3,(H,17,18,20). The number of aromatic nitrogens is 3. The summed E-state index contributed by atoms with van der Waals surface area (Å²) in [4.78, 5) is 25.1. The van der Waals surface area contributed by atoms with Crippen LogP contribution in [0.1, 0.15) is 11.4 Å². The van der Waals surface area contributed by atoms with E-state index in [2.05, 4.69) is 21.0 Å². The summed E-state index contributed by atoms with van der Waals surface area (Å²) in [5.74, 6) is 1.11. The molecule has 0 radical (unpaired) electrons. The third-order valence-corrected chi connectivity index (χ3v) is 3.92. The lowest BCUT2D eigenvalue weighted by Crippen LogP contribution is -2.22. The van der Waals surface area contributed by atoms with Gasteiger partial charge in [-0.05, 0) is 23.6 Å². The lowest BCUT2D eigenvalue weighted by Gasteiger charge is -2.18. The van der Waals surface area contributed by atoms with Crippen LogP contribution in [0.15, 0.2) is 34.6 Å². The molecule has 0 atom stereocenters. The number of hydrogen-bond donors (Lipinski definition) is 1. The highest BCUT2D eigenvalue weighted by molar-refractivity contribution is 7.17. The summed E-state index contributed by atoms with van der Waals surface area (Å²) < 4.78 is 0.622. The van der Waals surface area contributed by atoms with Gasteiger partial charge in [0, 0.05) is 13.2 Å². The normalized spacial score (nSPS) is 10.5. The van der Waals surface area contributed by atoms with Crippen LogP contribution in [0, 0.1) is 11.3 Å². The molecule has 3 aromatic rings. The molecule has 0 aliphatic carbocycles. The first-order valence-electron chi connectivity index (χ1n) is 6.21. The zero-order valence-electron chi connectivity index (χ0n) is 11.2. The monoisotopic (exact) mass is 297 g/mol. The van der Waals surface area contributed by atoms with Crippen LogP contribution in [-0.4, -0.2) is 22.0 Å². The average Bonchev–Trinajstić information content (AvgIpc) is 2.96. The lowest BCUT2D eigenvalue weighted by molar-refractivity contribution is 0.826. The van der Waals surface area contributed by atoms with Gasteiger partial charge in [0.1, 0.15) is 22.4 Å². The molecule has 0 fully saturated rings. The van der Waals surface area contributed by atoms with E-state index in [0.717, 1.165) is 0 Å². The van der Waals surface area contributed by atoms with Crippen molar-refractivity contribution in [2.24, 2.45) is 0 Å². The maximum Gasteiger partial charge on any atom is 0.268 e. The summed E-state index contributed by atoms with van der Waals surface area (Å²) in [6.45, 7) is 0.368. The first-order valence-corrected chi connectivity index (χ1v) is 7.09. The van der Waals surface area contributed by atoms with Crippen molar-refractivity contribution in [1.29, 1.82) is 5.26 Å². The van der Waals surface area contributed by atoms with Crippen molar-refractivity contribution in [3.63, 3.8) is 0 Å². The second-order valence-corrected chi connectivity index (χ2v) is 5.41. The summed E-state index contributed by atoms with van der Waals surface area (Å²) in [5.41, 5.74) is 1.03. The Labute approximate surface area is 124 Å². The number of pyridine rings is 1. The zero-order valence-corrected chi connectivity index (χ0v) is 12.0.